The highest BCUT2D eigenvalue weighted by molar-refractivity contribution is 7.92. The van der Waals surface area contributed by atoms with E-state index in [1.165, 1.54) is 0 Å². The summed E-state index contributed by atoms with van der Waals surface area (Å²) < 4.78 is 26.1. The third-order valence-corrected chi connectivity index (χ3v) is 7.24. The number of rotatable bonds is 5. The van der Waals surface area contributed by atoms with Crippen LogP contribution in [0.5, 0.6) is 0 Å². The van der Waals surface area contributed by atoms with Crippen molar-refractivity contribution in [2.45, 2.75) is 23.0 Å². The Balaban J connectivity index is 2.05. The van der Waals surface area contributed by atoms with Gasteiger partial charge >= 0.3 is 0 Å². The highest BCUT2D eigenvalue weighted by atomic mass is 32.2. The predicted molar refractivity (Wildman–Crippen MR) is 89.9 cm³/mol. The Kier molecular flexibility index (Phi) is 4.04. The van der Waals surface area contributed by atoms with E-state index in [0.29, 0.717) is 0 Å². The highest BCUT2D eigenvalue weighted by Gasteiger charge is 2.70. The van der Waals surface area contributed by atoms with Gasteiger partial charge in [0.1, 0.15) is 0 Å². The molecule has 23 heavy (non-hydrogen) atoms. The molecule has 2 aromatic carbocycles. The summed E-state index contributed by atoms with van der Waals surface area (Å²) in [6.45, 7) is 1.82. The zero-order valence-electron chi connectivity index (χ0n) is 13.0. The topological polar surface area (TPSA) is 80.4 Å². The van der Waals surface area contributed by atoms with Crippen LogP contribution in [-0.4, -0.2) is 31.9 Å². The third-order valence-electron chi connectivity index (χ3n) is 4.90. The normalized spacial score (nSPS) is 26.9. The van der Waals surface area contributed by atoms with Crippen molar-refractivity contribution >= 4 is 9.84 Å². The van der Waals surface area contributed by atoms with Gasteiger partial charge < -0.3 is 10.8 Å². The molecule has 1 fully saturated rings. The minimum atomic E-state index is -3.55. The fourth-order valence-corrected chi connectivity index (χ4v) is 5.93. The molecule has 0 aliphatic heterocycles. The lowest BCUT2D eigenvalue weighted by atomic mass is 10.0. The SMILES string of the molecule is Cc1ccc(S(=O)(=O)[C@@H]2[C@@H](c3ccccc3)[C@]2(CN)CO)cc1. The molecule has 0 saturated heterocycles. The van der Waals surface area contributed by atoms with Crippen LogP contribution in [0.25, 0.3) is 0 Å². The van der Waals surface area contributed by atoms with Crippen LogP contribution in [0.2, 0.25) is 0 Å². The maximum Gasteiger partial charge on any atom is 0.182 e. The number of aryl methyl sites for hydroxylation is 1. The van der Waals surface area contributed by atoms with Gasteiger partial charge in [0.25, 0.3) is 0 Å². The van der Waals surface area contributed by atoms with Crippen molar-refractivity contribution in [1.29, 1.82) is 0 Å². The van der Waals surface area contributed by atoms with E-state index in [1.807, 2.05) is 37.3 Å². The van der Waals surface area contributed by atoms with Gasteiger partial charge in [-0.05, 0) is 24.6 Å². The Bertz CT molecular complexity index is 781. The zero-order valence-corrected chi connectivity index (χ0v) is 13.8. The van der Waals surface area contributed by atoms with E-state index >= 15 is 0 Å². The molecule has 3 atom stereocenters. The summed E-state index contributed by atoms with van der Waals surface area (Å²) in [6, 6.07) is 16.3. The van der Waals surface area contributed by atoms with Gasteiger partial charge in [-0.25, -0.2) is 8.42 Å². The van der Waals surface area contributed by atoms with Crippen molar-refractivity contribution in [2.24, 2.45) is 11.1 Å². The Hall–Kier alpha value is -1.69. The fourth-order valence-electron chi connectivity index (χ4n) is 3.48. The summed E-state index contributed by atoms with van der Waals surface area (Å²) in [7, 11) is -3.55. The second-order valence-electron chi connectivity index (χ2n) is 6.26. The third kappa shape index (κ3) is 2.49. The maximum absolute atomic E-state index is 13.1. The molecule has 0 bridgehead atoms. The largest absolute Gasteiger partial charge is 0.396 e. The Morgan fingerprint density at radius 1 is 1.09 bits per heavy atom. The van der Waals surface area contributed by atoms with Gasteiger partial charge in [0.15, 0.2) is 9.84 Å². The average Bonchev–Trinajstić information content (AvgIpc) is 3.27. The second kappa shape index (κ2) is 5.74. The summed E-state index contributed by atoms with van der Waals surface area (Å²) in [5.41, 5.74) is 6.99. The number of aliphatic hydroxyl groups excluding tert-OH is 1. The maximum atomic E-state index is 13.1. The number of sulfone groups is 1. The molecule has 5 heteroatoms. The van der Waals surface area contributed by atoms with Crippen molar-refractivity contribution in [3.05, 3.63) is 65.7 Å². The molecule has 0 aromatic heterocycles. The molecule has 0 amide bonds. The van der Waals surface area contributed by atoms with Gasteiger partial charge in [0, 0.05) is 17.9 Å². The van der Waals surface area contributed by atoms with Crippen LogP contribution in [0, 0.1) is 12.3 Å². The molecule has 1 aliphatic rings. The lowest BCUT2D eigenvalue weighted by Gasteiger charge is -2.12. The average molecular weight is 331 g/mol. The molecule has 0 spiro atoms. The number of benzene rings is 2. The first-order valence-electron chi connectivity index (χ1n) is 7.64. The summed E-state index contributed by atoms with van der Waals surface area (Å²) in [5.74, 6) is -0.273. The van der Waals surface area contributed by atoms with Crippen molar-refractivity contribution in [1.82, 2.24) is 0 Å². The van der Waals surface area contributed by atoms with Crippen molar-refractivity contribution < 1.29 is 13.5 Å². The zero-order chi connectivity index (χ0) is 16.7. The number of nitrogens with two attached hydrogens (primary N) is 1. The van der Waals surface area contributed by atoms with Gasteiger partial charge in [-0.1, -0.05) is 48.0 Å². The fraction of sp³-hybridized carbons (Fsp3) is 0.333. The Labute approximate surface area is 136 Å². The van der Waals surface area contributed by atoms with Crippen LogP contribution in [-0.2, 0) is 9.84 Å². The molecule has 122 valence electrons. The molecular weight excluding hydrogens is 310 g/mol. The van der Waals surface area contributed by atoms with Crippen LogP contribution >= 0.6 is 0 Å². The first-order valence-corrected chi connectivity index (χ1v) is 9.18. The van der Waals surface area contributed by atoms with Crippen LogP contribution in [0.4, 0.5) is 0 Å². The molecule has 0 unspecified atom stereocenters. The second-order valence-corrected chi connectivity index (χ2v) is 8.33. The van der Waals surface area contributed by atoms with Crippen LogP contribution in [0.3, 0.4) is 0 Å². The lowest BCUT2D eigenvalue weighted by molar-refractivity contribution is 0.212. The van der Waals surface area contributed by atoms with Gasteiger partial charge in [-0.2, -0.15) is 0 Å². The molecule has 4 nitrogen and oxygen atoms in total. The summed E-state index contributed by atoms with van der Waals surface area (Å²) in [5, 5.41) is 9.18. The lowest BCUT2D eigenvalue weighted by Crippen LogP contribution is -2.27. The smallest absolute Gasteiger partial charge is 0.182 e. The minimum Gasteiger partial charge on any atom is -0.396 e. The van der Waals surface area contributed by atoms with E-state index in [0.717, 1.165) is 11.1 Å². The van der Waals surface area contributed by atoms with E-state index in [1.54, 1.807) is 24.3 Å². The summed E-state index contributed by atoms with van der Waals surface area (Å²) in [6.07, 6.45) is 0. The van der Waals surface area contributed by atoms with E-state index < -0.39 is 20.5 Å². The number of aliphatic hydroxyl groups is 1. The van der Waals surface area contributed by atoms with Gasteiger partial charge in [-0.3, -0.25) is 0 Å². The quantitative estimate of drug-likeness (QED) is 0.876. The summed E-state index contributed by atoms with van der Waals surface area (Å²) in [4.78, 5) is 0.290. The molecule has 3 rings (SSSR count). The minimum absolute atomic E-state index is 0.138. The van der Waals surface area contributed by atoms with Crippen LogP contribution in [0.1, 0.15) is 17.0 Å². The van der Waals surface area contributed by atoms with E-state index in [4.69, 9.17) is 5.73 Å². The monoisotopic (exact) mass is 331 g/mol. The summed E-state index contributed by atoms with van der Waals surface area (Å²) >= 11 is 0. The molecule has 2 aromatic rings. The molecule has 1 saturated carbocycles. The standard InChI is InChI=1S/C18H21NO3S/c1-13-7-9-15(10-8-13)23(21,22)17-16(18(17,11-19)12-20)14-5-3-2-4-6-14/h2-10,16-17,20H,11-12,19H2,1H3/t16-,17-,18+/m1/s1. The van der Waals surface area contributed by atoms with Gasteiger partial charge in [0.2, 0.25) is 0 Å². The van der Waals surface area contributed by atoms with Crippen LogP contribution < -0.4 is 5.73 Å². The van der Waals surface area contributed by atoms with Crippen molar-refractivity contribution in [3.63, 3.8) is 0 Å². The van der Waals surface area contributed by atoms with E-state index in [9.17, 15) is 13.5 Å². The molecule has 0 heterocycles. The van der Waals surface area contributed by atoms with Crippen molar-refractivity contribution in [2.75, 3.05) is 13.2 Å². The number of hydrogen-bond donors (Lipinski definition) is 2. The predicted octanol–water partition coefficient (Wildman–Crippen LogP) is 1.87. The van der Waals surface area contributed by atoms with Crippen LogP contribution in [0.15, 0.2) is 59.5 Å². The van der Waals surface area contributed by atoms with E-state index in [-0.39, 0.29) is 24.0 Å². The molecule has 3 N–H and O–H groups in total. The van der Waals surface area contributed by atoms with Gasteiger partial charge in [-0.15, -0.1) is 0 Å². The first kappa shape index (κ1) is 16.2. The number of hydrogen-bond acceptors (Lipinski definition) is 4. The Morgan fingerprint density at radius 2 is 1.70 bits per heavy atom. The molecule has 0 radical (unpaired) electrons. The molecular formula is C18H21NO3S. The molecule has 1 aliphatic carbocycles. The van der Waals surface area contributed by atoms with E-state index in [2.05, 4.69) is 0 Å². The van der Waals surface area contributed by atoms with Gasteiger partial charge in [0.05, 0.1) is 16.8 Å². The van der Waals surface area contributed by atoms with Crippen molar-refractivity contribution in [3.8, 4) is 0 Å². The first-order chi connectivity index (χ1) is 11.0. The Morgan fingerprint density at radius 3 is 2.22 bits per heavy atom. The highest BCUT2D eigenvalue weighted by Crippen LogP contribution is 2.63.